The zero-order valence-corrected chi connectivity index (χ0v) is 24.4. The largest absolute Gasteiger partial charge is 0.244 e. The summed E-state index contributed by atoms with van der Waals surface area (Å²) in [6, 6.07) is 45.0. The Morgan fingerprint density at radius 2 is 0.783 bits per heavy atom. The standard InChI is InChI=1S/C42H18B2N2/c45-19-21-13-29-25-5-1-3-7-33(25)43-35-17-23-10-12-28-32-16-22(20-46)14-30-26-6-2-4-8-34(26)44(42(30)32)36-18-24-9-11-27(31(15-21)41(29)43)39(35)37(24)38(23)40(28)36/h1-18H. The molecule has 12 rings (SSSR count). The van der Waals surface area contributed by atoms with Crippen molar-refractivity contribution in [3.63, 3.8) is 0 Å². The van der Waals surface area contributed by atoms with E-state index in [-0.39, 0.29) is 13.4 Å². The van der Waals surface area contributed by atoms with Crippen LogP contribution in [0.3, 0.4) is 0 Å². The molecule has 8 aromatic rings. The van der Waals surface area contributed by atoms with Crippen molar-refractivity contribution >= 4 is 78.5 Å². The molecule has 0 bridgehead atoms. The molecule has 4 aliphatic heterocycles. The summed E-state index contributed by atoms with van der Waals surface area (Å²) in [4.78, 5) is 0. The van der Waals surface area contributed by atoms with Crippen LogP contribution in [-0.2, 0) is 0 Å². The van der Waals surface area contributed by atoms with Crippen molar-refractivity contribution in [3.05, 3.63) is 120 Å². The number of rotatable bonds is 0. The molecule has 0 aliphatic carbocycles. The molecule has 0 spiro atoms. The third kappa shape index (κ3) is 2.43. The second kappa shape index (κ2) is 7.58. The molecule has 0 N–H and O–H groups in total. The van der Waals surface area contributed by atoms with Gasteiger partial charge in [-0.3, -0.25) is 0 Å². The van der Waals surface area contributed by atoms with Crippen molar-refractivity contribution in [1.82, 2.24) is 0 Å². The van der Waals surface area contributed by atoms with Gasteiger partial charge in [0.1, 0.15) is 0 Å². The van der Waals surface area contributed by atoms with Gasteiger partial charge in [0.25, 0.3) is 0 Å². The van der Waals surface area contributed by atoms with Gasteiger partial charge in [-0.2, -0.15) is 10.5 Å². The van der Waals surface area contributed by atoms with Crippen LogP contribution in [0.4, 0.5) is 0 Å². The molecule has 0 fully saturated rings. The van der Waals surface area contributed by atoms with Crippen LogP contribution in [0.1, 0.15) is 11.1 Å². The predicted octanol–water partition coefficient (Wildman–Crippen LogP) is 5.28. The average Bonchev–Trinajstić information content (AvgIpc) is 3.62. The molecule has 46 heavy (non-hydrogen) atoms. The van der Waals surface area contributed by atoms with Gasteiger partial charge in [-0.05, 0) is 101 Å². The summed E-state index contributed by atoms with van der Waals surface area (Å²) in [7, 11) is 0. The van der Waals surface area contributed by atoms with Gasteiger partial charge in [0.05, 0.1) is 23.3 Å². The number of fused-ring (bicyclic) bond motifs is 10. The van der Waals surface area contributed by atoms with Gasteiger partial charge in [0.15, 0.2) is 0 Å². The van der Waals surface area contributed by atoms with Crippen molar-refractivity contribution in [2.24, 2.45) is 0 Å². The summed E-state index contributed by atoms with van der Waals surface area (Å²) in [5.74, 6) is 0. The Balaban J connectivity index is 1.28. The number of hydrogen-bond donors (Lipinski definition) is 0. The Labute approximate surface area is 265 Å². The highest BCUT2D eigenvalue weighted by atomic mass is 14.3. The zero-order valence-electron chi connectivity index (χ0n) is 24.4. The van der Waals surface area contributed by atoms with Gasteiger partial charge < -0.3 is 0 Å². The van der Waals surface area contributed by atoms with E-state index in [9.17, 15) is 10.5 Å². The van der Waals surface area contributed by atoms with Gasteiger partial charge >= 0.3 is 0 Å². The topological polar surface area (TPSA) is 47.6 Å². The van der Waals surface area contributed by atoms with Crippen molar-refractivity contribution < 1.29 is 0 Å². The minimum Gasteiger partial charge on any atom is -0.192 e. The number of hydrogen-bond acceptors (Lipinski definition) is 2. The van der Waals surface area contributed by atoms with E-state index in [1.165, 1.54) is 110 Å². The van der Waals surface area contributed by atoms with E-state index in [2.05, 4.69) is 121 Å². The smallest absolute Gasteiger partial charge is 0.192 e. The quantitative estimate of drug-likeness (QED) is 0.184. The van der Waals surface area contributed by atoms with Crippen molar-refractivity contribution in [3.8, 4) is 56.6 Å². The molecule has 0 saturated heterocycles. The second-order valence-corrected chi connectivity index (χ2v) is 13.3. The van der Waals surface area contributed by atoms with Crippen molar-refractivity contribution in [2.45, 2.75) is 0 Å². The molecule has 0 unspecified atom stereocenters. The summed E-state index contributed by atoms with van der Waals surface area (Å²) in [6.07, 6.45) is 0. The third-order valence-electron chi connectivity index (χ3n) is 11.4. The normalized spacial score (nSPS) is 13.5. The molecule has 0 amide bonds. The average molecular weight is 572 g/mol. The summed E-state index contributed by atoms with van der Waals surface area (Å²) >= 11 is 0. The first kappa shape index (κ1) is 23.3. The zero-order chi connectivity index (χ0) is 30.0. The van der Waals surface area contributed by atoms with Crippen LogP contribution >= 0.6 is 0 Å². The molecule has 8 aromatic carbocycles. The summed E-state index contributed by atoms with van der Waals surface area (Å²) < 4.78 is 0. The SMILES string of the molecule is N#Cc1cc2c3c(c1)-c1ccc4cc5c6c(ccc7cc(c1c4c76)B3c1ccccc1-2)-c1cc(C#N)cc2c1B5c1ccccc1-2. The van der Waals surface area contributed by atoms with Crippen LogP contribution < -0.4 is 32.8 Å². The van der Waals surface area contributed by atoms with Gasteiger partial charge in [0, 0.05) is 0 Å². The maximum atomic E-state index is 10.1. The predicted molar refractivity (Wildman–Crippen MR) is 191 cm³/mol. The van der Waals surface area contributed by atoms with E-state index in [0.29, 0.717) is 11.1 Å². The van der Waals surface area contributed by atoms with E-state index in [1.807, 2.05) is 0 Å². The molecule has 2 nitrogen and oxygen atoms in total. The van der Waals surface area contributed by atoms with Crippen LogP contribution in [0.5, 0.6) is 0 Å². The maximum absolute atomic E-state index is 10.1. The highest BCUT2D eigenvalue weighted by Gasteiger charge is 2.43. The molecule has 4 heterocycles. The fourth-order valence-corrected chi connectivity index (χ4v) is 9.89. The second-order valence-electron chi connectivity index (χ2n) is 13.3. The van der Waals surface area contributed by atoms with Crippen LogP contribution in [0, 0.1) is 22.7 Å². The Morgan fingerprint density at radius 1 is 0.370 bits per heavy atom. The highest BCUT2D eigenvalue weighted by Crippen LogP contribution is 2.46. The minimum atomic E-state index is 0.130. The number of nitrogens with zero attached hydrogens (tertiary/aromatic N) is 2. The molecular weight excluding hydrogens is 554 g/mol. The molecule has 0 aromatic heterocycles. The number of nitriles is 2. The monoisotopic (exact) mass is 572 g/mol. The minimum absolute atomic E-state index is 0.130. The van der Waals surface area contributed by atoms with E-state index in [4.69, 9.17) is 0 Å². The van der Waals surface area contributed by atoms with Crippen LogP contribution in [0.25, 0.3) is 76.8 Å². The van der Waals surface area contributed by atoms with E-state index < -0.39 is 0 Å². The maximum Gasteiger partial charge on any atom is 0.244 e. The van der Waals surface area contributed by atoms with Crippen LogP contribution in [0.15, 0.2) is 109 Å². The summed E-state index contributed by atoms with van der Waals surface area (Å²) in [5.41, 5.74) is 19.1. The molecular formula is C42H18B2N2. The molecule has 0 saturated carbocycles. The molecule has 4 heteroatoms. The Morgan fingerprint density at radius 3 is 1.22 bits per heavy atom. The molecule has 4 aliphatic rings. The molecule has 0 atom stereocenters. The Hall–Kier alpha value is -6.09. The Bertz CT molecular complexity index is 2710. The fraction of sp³-hybridized carbons (Fsp3) is 0. The van der Waals surface area contributed by atoms with Crippen molar-refractivity contribution in [2.75, 3.05) is 0 Å². The van der Waals surface area contributed by atoms with Gasteiger partial charge in [-0.25, -0.2) is 0 Å². The van der Waals surface area contributed by atoms with E-state index >= 15 is 0 Å². The number of benzene rings is 8. The van der Waals surface area contributed by atoms with Gasteiger partial charge in [-0.15, -0.1) is 0 Å². The lowest BCUT2D eigenvalue weighted by atomic mass is 9.34. The lowest BCUT2D eigenvalue weighted by molar-refractivity contribution is 1.49. The fourth-order valence-electron chi connectivity index (χ4n) is 9.89. The molecule has 202 valence electrons. The first-order valence-corrected chi connectivity index (χ1v) is 15.9. The first-order valence-electron chi connectivity index (χ1n) is 15.9. The van der Waals surface area contributed by atoms with E-state index in [0.717, 1.165) is 0 Å². The van der Waals surface area contributed by atoms with Crippen LogP contribution in [0.2, 0.25) is 0 Å². The highest BCUT2D eigenvalue weighted by molar-refractivity contribution is 7.03. The third-order valence-corrected chi connectivity index (χ3v) is 11.4. The summed E-state index contributed by atoms with van der Waals surface area (Å²) in [5, 5.41) is 28.0. The first-order chi connectivity index (χ1) is 22.7. The lowest BCUT2D eigenvalue weighted by Crippen LogP contribution is -2.52. The van der Waals surface area contributed by atoms with Crippen molar-refractivity contribution in [1.29, 1.82) is 10.5 Å². The van der Waals surface area contributed by atoms with Gasteiger partial charge in [-0.1, -0.05) is 118 Å². The summed E-state index contributed by atoms with van der Waals surface area (Å²) in [6.45, 7) is 0.261. The van der Waals surface area contributed by atoms with Gasteiger partial charge in [0.2, 0.25) is 13.4 Å². The van der Waals surface area contributed by atoms with E-state index in [1.54, 1.807) is 0 Å². The Kier molecular flexibility index (Phi) is 3.84. The lowest BCUT2D eigenvalue weighted by Gasteiger charge is -2.31. The molecule has 0 radical (unpaired) electrons. The van der Waals surface area contributed by atoms with Crippen LogP contribution in [-0.4, -0.2) is 13.4 Å².